The first-order valence-electron chi connectivity index (χ1n) is 6.14. The Balaban J connectivity index is 2.47. The van der Waals surface area contributed by atoms with Crippen LogP contribution in [-0.4, -0.2) is 28.6 Å². The lowest BCUT2D eigenvalue weighted by Crippen LogP contribution is -2.07. The predicted molar refractivity (Wildman–Crippen MR) is 80.6 cm³/mol. The van der Waals surface area contributed by atoms with Crippen molar-refractivity contribution in [3.05, 3.63) is 28.2 Å². The van der Waals surface area contributed by atoms with Crippen LogP contribution in [0.25, 0.3) is 11.4 Å². The van der Waals surface area contributed by atoms with Crippen LogP contribution in [0.4, 0.5) is 5.95 Å². The number of benzene rings is 1. The molecule has 0 spiro atoms. The number of anilines is 1. The lowest BCUT2D eigenvalue weighted by Gasteiger charge is -2.09. The van der Waals surface area contributed by atoms with Gasteiger partial charge < -0.3 is 10.1 Å². The van der Waals surface area contributed by atoms with Crippen molar-refractivity contribution < 1.29 is 4.74 Å². The van der Waals surface area contributed by atoms with Crippen LogP contribution in [0.5, 0.6) is 6.01 Å². The second kappa shape index (κ2) is 6.72. The normalized spacial score (nSPS) is 10.4. The van der Waals surface area contributed by atoms with Crippen molar-refractivity contribution in [3.63, 3.8) is 0 Å². The summed E-state index contributed by atoms with van der Waals surface area (Å²) in [7, 11) is 1.50. The van der Waals surface area contributed by atoms with Crippen molar-refractivity contribution in [2.75, 3.05) is 19.0 Å². The molecule has 0 radical (unpaired) electrons. The van der Waals surface area contributed by atoms with Gasteiger partial charge >= 0.3 is 6.01 Å². The van der Waals surface area contributed by atoms with Crippen molar-refractivity contribution in [2.45, 2.75) is 13.3 Å². The van der Waals surface area contributed by atoms with E-state index in [0.717, 1.165) is 13.0 Å². The van der Waals surface area contributed by atoms with E-state index in [1.165, 1.54) is 7.11 Å². The first-order chi connectivity index (χ1) is 9.65. The minimum atomic E-state index is 0.227. The van der Waals surface area contributed by atoms with Crippen molar-refractivity contribution in [3.8, 4) is 17.4 Å². The van der Waals surface area contributed by atoms with Crippen LogP contribution in [0.3, 0.4) is 0 Å². The number of rotatable bonds is 5. The zero-order valence-electron chi connectivity index (χ0n) is 11.2. The molecule has 5 nitrogen and oxygen atoms in total. The zero-order chi connectivity index (χ0) is 14.5. The highest BCUT2D eigenvalue weighted by Gasteiger charge is 2.13. The van der Waals surface area contributed by atoms with Gasteiger partial charge in [-0.15, -0.1) is 0 Å². The van der Waals surface area contributed by atoms with Crippen molar-refractivity contribution in [2.24, 2.45) is 0 Å². The SMILES string of the molecule is CCCNc1nc(OC)nc(-c2cccc(Cl)c2Cl)n1. The fourth-order valence-corrected chi connectivity index (χ4v) is 1.95. The van der Waals surface area contributed by atoms with Gasteiger partial charge in [0.15, 0.2) is 5.82 Å². The molecule has 1 N–H and O–H groups in total. The van der Waals surface area contributed by atoms with E-state index in [-0.39, 0.29) is 6.01 Å². The topological polar surface area (TPSA) is 59.9 Å². The van der Waals surface area contributed by atoms with Crippen LogP contribution < -0.4 is 10.1 Å². The summed E-state index contributed by atoms with van der Waals surface area (Å²) < 4.78 is 5.09. The lowest BCUT2D eigenvalue weighted by molar-refractivity contribution is 0.379. The molecule has 0 aliphatic carbocycles. The van der Waals surface area contributed by atoms with Crippen molar-refractivity contribution in [1.29, 1.82) is 0 Å². The number of nitrogens with zero attached hydrogens (tertiary/aromatic N) is 3. The van der Waals surface area contributed by atoms with Gasteiger partial charge in [-0.2, -0.15) is 15.0 Å². The molecule has 0 saturated heterocycles. The highest BCUT2D eigenvalue weighted by atomic mass is 35.5. The molecule has 0 aliphatic heterocycles. The predicted octanol–water partition coefficient (Wildman–Crippen LogP) is 3.68. The number of nitrogens with one attached hydrogen (secondary N) is 1. The summed E-state index contributed by atoms with van der Waals surface area (Å²) in [5, 5.41) is 3.95. The second-order valence-corrected chi connectivity index (χ2v) is 4.78. The summed E-state index contributed by atoms with van der Waals surface area (Å²) in [6.07, 6.45) is 0.960. The van der Waals surface area contributed by atoms with Crippen molar-refractivity contribution in [1.82, 2.24) is 15.0 Å². The molecule has 2 aromatic rings. The molecule has 0 aliphatic rings. The maximum Gasteiger partial charge on any atom is 0.321 e. The maximum atomic E-state index is 6.19. The van der Waals surface area contributed by atoms with Gasteiger partial charge in [-0.25, -0.2) is 0 Å². The summed E-state index contributed by atoms with van der Waals surface area (Å²) in [5.74, 6) is 0.868. The summed E-state index contributed by atoms with van der Waals surface area (Å²) in [6.45, 7) is 2.82. The summed E-state index contributed by atoms with van der Waals surface area (Å²) in [6, 6.07) is 5.53. The van der Waals surface area contributed by atoms with E-state index in [4.69, 9.17) is 27.9 Å². The first-order valence-corrected chi connectivity index (χ1v) is 6.89. The molecule has 0 fully saturated rings. The third kappa shape index (κ3) is 3.29. The number of hydrogen-bond donors (Lipinski definition) is 1. The standard InChI is InChI=1S/C13H14Cl2N4O/c1-3-7-16-12-17-11(18-13(19-12)20-2)8-5-4-6-9(14)10(8)15/h4-6H,3,7H2,1-2H3,(H,16,17,18,19). The molecule has 0 unspecified atom stereocenters. The molecular formula is C13H14Cl2N4O. The van der Waals surface area contributed by atoms with Crippen LogP contribution >= 0.6 is 23.2 Å². The van der Waals surface area contributed by atoms with Gasteiger partial charge in [0.2, 0.25) is 5.95 Å². The molecule has 1 heterocycles. The fourth-order valence-electron chi connectivity index (χ4n) is 1.56. The Kier molecular flexibility index (Phi) is 4.98. The van der Waals surface area contributed by atoms with Gasteiger partial charge in [0.1, 0.15) is 0 Å². The molecule has 106 valence electrons. The molecule has 20 heavy (non-hydrogen) atoms. The largest absolute Gasteiger partial charge is 0.467 e. The van der Waals surface area contributed by atoms with Gasteiger partial charge in [-0.1, -0.05) is 36.2 Å². The lowest BCUT2D eigenvalue weighted by atomic mass is 10.2. The van der Waals surface area contributed by atoms with Gasteiger partial charge in [-0.3, -0.25) is 0 Å². The number of aromatic nitrogens is 3. The Labute approximate surface area is 127 Å². The molecule has 1 aromatic carbocycles. The molecule has 0 saturated carbocycles. The molecule has 7 heteroatoms. The number of hydrogen-bond acceptors (Lipinski definition) is 5. The monoisotopic (exact) mass is 312 g/mol. The van der Waals surface area contributed by atoms with Crippen molar-refractivity contribution >= 4 is 29.2 Å². The summed E-state index contributed by atoms with van der Waals surface area (Å²) in [5.41, 5.74) is 0.638. The minimum Gasteiger partial charge on any atom is -0.467 e. The summed E-state index contributed by atoms with van der Waals surface area (Å²) in [4.78, 5) is 12.7. The van der Waals surface area contributed by atoms with E-state index >= 15 is 0 Å². The molecule has 0 amide bonds. The molecule has 1 aromatic heterocycles. The highest BCUT2D eigenvalue weighted by molar-refractivity contribution is 6.43. The van der Waals surface area contributed by atoms with Gasteiger partial charge in [-0.05, 0) is 18.6 Å². The van der Waals surface area contributed by atoms with E-state index in [2.05, 4.69) is 27.2 Å². The smallest absolute Gasteiger partial charge is 0.321 e. The molecule has 0 bridgehead atoms. The quantitative estimate of drug-likeness (QED) is 0.912. The molecule has 2 rings (SSSR count). The number of methoxy groups -OCH3 is 1. The van der Waals surface area contributed by atoms with Crippen LogP contribution in [0, 0.1) is 0 Å². The highest BCUT2D eigenvalue weighted by Crippen LogP contribution is 2.32. The Morgan fingerprint density at radius 2 is 2.00 bits per heavy atom. The van der Waals surface area contributed by atoms with Crippen LogP contribution in [0.15, 0.2) is 18.2 Å². The fraction of sp³-hybridized carbons (Fsp3) is 0.308. The van der Waals surface area contributed by atoms with E-state index in [9.17, 15) is 0 Å². The second-order valence-electron chi connectivity index (χ2n) is 4.00. The van der Waals surface area contributed by atoms with Crippen LogP contribution in [0.1, 0.15) is 13.3 Å². The molecule has 0 atom stereocenters. The van der Waals surface area contributed by atoms with E-state index in [0.29, 0.717) is 27.4 Å². The van der Waals surface area contributed by atoms with Gasteiger partial charge in [0.25, 0.3) is 0 Å². The van der Waals surface area contributed by atoms with E-state index < -0.39 is 0 Å². The number of halogens is 2. The van der Waals surface area contributed by atoms with Gasteiger partial charge in [0, 0.05) is 12.1 Å². The molecular weight excluding hydrogens is 299 g/mol. The number of ether oxygens (including phenoxy) is 1. The minimum absolute atomic E-state index is 0.227. The van der Waals surface area contributed by atoms with Crippen LogP contribution in [0.2, 0.25) is 10.0 Å². The van der Waals surface area contributed by atoms with E-state index in [1.807, 2.05) is 0 Å². The maximum absolute atomic E-state index is 6.19. The summed E-state index contributed by atoms with van der Waals surface area (Å²) >= 11 is 12.2. The van der Waals surface area contributed by atoms with Crippen LogP contribution in [-0.2, 0) is 0 Å². The average molecular weight is 313 g/mol. The third-order valence-electron chi connectivity index (χ3n) is 2.52. The average Bonchev–Trinajstić information content (AvgIpc) is 2.47. The van der Waals surface area contributed by atoms with Gasteiger partial charge in [0.05, 0.1) is 17.2 Å². The third-order valence-corrected chi connectivity index (χ3v) is 3.34. The van der Waals surface area contributed by atoms with E-state index in [1.54, 1.807) is 18.2 Å². The Hall–Kier alpha value is -1.59. The zero-order valence-corrected chi connectivity index (χ0v) is 12.7. The Bertz CT molecular complexity index is 607. The first kappa shape index (κ1) is 14.8. The Morgan fingerprint density at radius 3 is 2.70 bits per heavy atom. The Morgan fingerprint density at radius 1 is 1.20 bits per heavy atom.